The molecule has 0 aromatic heterocycles. The fourth-order valence-electron chi connectivity index (χ4n) is 2.42. The normalized spacial score (nSPS) is 11.9. The third-order valence-electron chi connectivity index (χ3n) is 3.62. The maximum Gasteiger partial charge on any atom is 0.231 e. The molecule has 126 valence electrons. The van der Waals surface area contributed by atoms with Crippen molar-refractivity contribution < 1.29 is 18.9 Å². The second-order valence-electron chi connectivity index (χ2n) is 5.17. The zero-order valence-corrected chi connectivity index (χ0v) is 14.4. The number of hydrogen-bond acceptors (Lipinski definition) is 5. The lowest BCUT2D eigenvalue weighted by molar-refractivity contribution is 0.174. The molecule has 3 rings (SSSR count). The van der Waals surface area contributed by atoms with Crippen LogP contribution in [-0.2, 0) is 6.54 Å². The molecule has 0 saturated heterocycles. The van der Waals surface area contributed by atoms with Crippen LogP contribution in [0.5, 0.6) is 23.0 Å². The van der Waals surface area contributed by atoms with E-state index in [0.29, 0.717) is 29.6 Å². The summed E-state index contributed by atoms with van der Waals surface area (Å²) in [6.07, 6.45) is 0. The van der Waals surface area contributed by atoms with Crippen molar-refractivity contribution in [3.63, 3.8) is 0 Å². The second-order valence-corrected chi connectivity index (χ2v) is 5.58. The Balaban J connectivity index is 1.66. The predicted octanol–water partition coefficient (Wildman–Crippen LogP) is 3.29. The van der Waals surface area contributed by atoms with Crippen LogP contribution in [0.1, 0.15) is 18.1 Å². The average molecular weight is 345 g/mol. The van der Waals surface area contributed by atoms with Crippen molar-refractivity contribution in [2.75, 3.05) is 20.5 Å². The molecule has 0 aliphatic carbocycles. The maximum absolute atomic E-state index is 5.52. The summed E-state index contributed by atoms with van der Waals surface area (Å²) in [5.41, 5.74) is 1.95. The molecule has 0 unspecified atom stereocenters. The SMILES string of the molecule is CCOc1ccc(C(=S)NCc2ccc3c(c2)OCO3)cc1OC. The molecule has 6 heteroatoms. The number of hydrogen-bond donors (Lipinski definition) is 1. The van der Waals surface area contributed by atoms with Crippen molar-refractivity contribution in [2.45, 2.75) is 13.5 Å². The van der Waals surface area contributed by atoms with Gasteiger partial charge in [-0.05, 0) is 42.8 Å². The third-order valence-corrected chi connectivity index (χ3v) is 4.00. The van der Waals surface area contributed by atoms with Gasteiger partial charge in [-0.15, -0.1) is 0 Å². The molecule has 0 amide bonds. The number of methoxy groups -OCH3 is 1. The van der Waals surface area contributed by atoms with E-state index in [0.717, 1.165) is 22.6 Å². The van der Waals surface area contributed by atoms with E-state index in [2.05, 4.69) is 5.32 Å². The van der Waals surface area contributed by atoms with Crippen LogP contribution in [0.4, 0.5) is 0 Å². The smallest absolute Gasteiger partial charge is 0.231 e. The Hall–Kier alpha value is -2.47. The van der Waals surface area contributed by atoms with E-state index in [1.165, 1.54) is 0 Å². The molecule has 1 aliphatic heterocycles. The number of benzene rings is 2. The minimum atomic E-state index is 0.274. The van der Waals surface area contributed by atoms with E-state index in [1.807, 2.05) is 43.3 Å². The van der Waals surface area contributed by atoms with Gasteiger partial charge in [-0.1, -0.05) is 18.3 Å². The van der Waals surface area contributed by atoms with E-state index >= 15 is 0 Å². The topological polar surface area (TPSA) is 49.0 Å². The molecule has 2 aromatic carbocycles. The highest BCUT2D eigenvalue weighted by atomic mass is 32.1. The quantitative estimate of drug-likeness (QED) is 0.811. The van der Waals surface area contributed by atoms with Crippen LogP contribution < -0.4 is 24.3 Å². The summed E-state index contributed by atoms with van der Waals surface area (Å²) < 4.78 is 21.6. The highest BCUT2D eigenvalue weighted by Gasteiger charge is 2.13. The summed E-state index contributed by atoms with van der Waals surface area (Å²) in [7, 11) is 1.62. The lowest BCUT2D eigenvalue weighted by Crippen LogP contribution is -2.21. The first-order valence-electron chi connectivity index (χ1n) is 7.69. The van der Waals surface area contributed by atoms with Crippen LogP contribution in [0.15, 0.2) is 36.4 Å². The zero-order chi connectivity index (χ0) is 16.9. The van der Waals surface area contributed by atoms with Gasteiger partial charge in [0, 0.05) is 12.1 Å². The van der Waals surface area contributed by atoms with Crippen LogP contribution in [0.3, 0.4) is 0 Å². The van der Waals surface area contributed by atoms with Gasteiger partial charge in [0.25, 0.3) is 0 Å². The molecule has 5 nitrogen and oxygen atoms in total. The van der Waals surface area contributed by atoms with Gasteiger partial charge in [-0.3, -0.25) is 0 Å². The number of nitrogens with one attached hydrogen (secondary N) is 1. The summed E-state index contributed by atoms with van der Waals surface area (Å²) >= 11 is 5.47. The first kappa shape index (κ1) is 16.4. The summed E-state index contributed by atoms with van der Waals surface area (Å²) in [6.45, 7) is 3.40. The molecule has 0 atom stereocenters. The van der Waals surface area contributed by atoms with Crippen LogP contribution in [-0.4, -0.2) is 25.5 Å². The summed E-state index contributed by atoms with van der Waals surface area (Å²) in [4.78, 5) is 0.647. The van der Waals surface area contributed by atoms with E-state index in [9.17, 15) is 0 Å². The van der Waals surface area contributed by atoms with Gasteiger partial charge in [0.15, 0.2) is 23.0 Å². The fraction of sp³-hybridized carbons (Fsp3) is 0.278. The number of fused-ring (bicyclic) bond motifs is 1. The van der Waals surface area contributed by atoms with E-state index in [1.54, 1.807) is 7.11 Å². The summed E-state index contributed by atoms with van der Waals surface area (Å²) in [6, 6.07) is 11.5. The second kappa shape index (κ2) is 7.40. The van der Waals surface area contributed by atoms with Crippen molar-refractivity contribution in [2.24, 2.45) is 0 Å². The van der Waals surface area contributed by atoms with E-state index in [4.69, 9.17) is 31.2 Å². The molecular weight excluding hydrogens is 326 g/mol. The Labute approximate surface area is 146 Å². The Bertz CT molecular complexity index is 748. The first-order valence-corrected chi connectivity index (χ1v) is 8.09. The largest absolute Gasteiger partial charge is 0.493 e. The molecule has 0 saturated carbocycles. The fourth-order valence-corrected chi connectivity index (χ4v) is 2.62. The van der Waals surface area contributed by atoms with E-state index in [-0.39, 0.29) is 6.79 Å². The third kappa shape index (κ3) is 3.54. The molecule has 1 N–H and O–H groups in total. The first-order chi connectivity index (χ1) is 11.7. The van der Waals surface area contributed by atoms with Gasteiger partial charge in [0.1, 0.15) is 4.99 Å². The molecule has 24 heavy (non-hydrogen) atoms. The van der Waals surface area contributed by atoms with Crippen molar-refractivity contribution in [1.29, 1.82) is 0 Å². The van der Waals surface area contributed by atoms with Crippen molar-refractivity contribution >= 4 is 17.2 Å². The maximum atomic E-state index is 5.52. The molecule has 2 aromatic rings. The molecule has 0 radical (unpaired) electrons. The summed E-state index contributed by atoms with van der Waals surface area (Å²) in [5, 5.41) is 3.25. The minimum Gasteiger partial charge on any atom is -0.493 e. The average Bonchev–Trinajstić information content (AvgIpc) is 3.08. The Morgan fingerprint density at radius 3 is 2.75 bits per heavy atom. The van der Waals surface area contributed by atoms with Crippen molar-refractivity contribution in [3.05, 3.63) is 47.5 Å². The van der Waals surface area contributed by atoms with Crippen LogP contribution >= 0.6 is 12.2 Å². The van der Waals surface area contributed by atoms with Gasteiger partial charge >= 0.3 is 0 Å². The van der Waals surface area contributed by atoms with Gasteiger partial charge in [-0.25, -0.2) is 0 Å². The summed E-state index contributed by atoms with van der Waals surface area (Å²) in [5.74, 6) is 2.92. The van der Waals surface area contributed by atoms with Crippen LogP contribution in [0.25, 0.3) is 0 Å². The molecule has 0 bridgehead atoms. The zero-order valence-electron chi connectivity index (χ0n) is 13.6. The van der Waals surface area contributed by atoms with Gasteiger partial charge < -0.3 is 24.3 Å². The van der Waals surface area contributed by atoms with Crippen LogP contribution in [0.2, 0.25) is 0 Å². The van der Waals surface area contributed by atoms with Gasteiger partial charge in [0.05, 0.1) is 13.7 Å². The standard InChI is InChI=1S/C18H19NO4S/c1-3-21-14-7-5-13(9-16(14)20-2)18(24)19-10-12-4-6-15-17(8-12)23-11-22-15/h4-9H,3,10-11H2,1-2H3,(H,19,24). The molecule has 0 fully saturated rings. The minimum absolute atomic E-state index is 0.274. The van der Waals surface area contributed by atoms with Gasteiger partial charge in [-0.2, -0.15) is 0 Å². The lowest BCUT2D eigenvalue weighted by Gasteiger charge is -2.13. The number of thiocarbonyl (C=S) groups is 1. The monoisotopic (exact) mass is 345 g/mol. The molecule has 0 spiro atoms. The number of ether oxygens (including phenoxy) is 4. The molecular formula is C18H19NO4S. The van der Waals surface area contributed by atoms with Crippen molar-refractivity contribution in [3.8, 4) is 23.0 Å². The highest BCUT2D eigenvalue weighted by Crippen LogP contribution is 2.32. The Kier molecular flexibility index (Phi) is 5.05. The Morgan fingerprint density at radius 1 is 1.12 bits per heavy atom. The predicted molar refractivity (Wildman–Crippen MR) is 95.3 cm³/mol. The molecule has 1 heterocycles. The highest BCUT2D eigenvalue weighted by molar-refractivity contribution is 7.80. The van der Waals surface area contributed by atoms with Crippen molar-refractivity contribution in [1.82, 2.24) is 5.32 Å². The Morgan fingerprint density at radius 2 is 1.96 bits per heavy atom. The molecule has 1 aliphatic rings. The number of rotatable bonds is 6. The van der Waals surface area contributed by atoms with Crippen LogP contribution in [0, 0.1) is 0 Å². The lowest BCUT2D eigenvalue weighted by atomic mass is 10.1. The van der Waals surface area contributed by atoms with E-state index < -0.39 is 0 Å². The van der Waals surface area contributed by atoms with Gasteiger partial charge in [0.2, 0.25) is 6.79 Å².